The lowest BCUT2D eigenvalue weighted by Gasteiger charge is -2.33. The minimum atomic E-state index is 0. The lowest BCUT2D eigenvalue weighted by Crippen LogP contribution is -2.44. The van der Waals surface area contributed by atoms with Gasteiger partial charge in [0.1, 0.15) is 5.75 Å². The van der Waals surface area contributed by atoms with E-state index in [0.29, 0.717) is 5.92 Å². The summed E-state index contributed by atoms with van der Waals surface area (Å²) in [7, 11) is 5.64. The number of rotatable bonds is 7. The first-order chi connectivity index (χ1) is 13.7. The van der Waals surface area contributed by atoms with Crippen LogP contribution in [-0.4, -0.2) is 56.6 Å². The van der Waals surface area contributed by atoms with Gasteiger partial charge in [-0.2, -0.15) is 0 Å². The highest BCUT2D eigenvalue weighted by Gasteiger charge is 2.21. The molecule has 1 aromatic carbocycles. The van der Waals surface area contributed by atoms with E-state index < -0.39 is 0 Å². The highest BCUT2D eigenvalue weighted by Crippen LogP contribution is 2.20. The van der Waals surface area contributed by atoms with Crippen molar-refractivity contribution in [2.45, 2.75) is 25.9 Å². The van der Waals surface area contributed by atoms with E-state index >= 15 is 0 Å². The number of nitrogens with one attached hydrogen (secondary N) is 1. The smallest absolute Gasteiger partial charge is 0.193 e. The molecule has 1 aliphatic heterocycles. The summed E-state index contributed by atoms with van der Waals surface area (Å²) in [6, 6.07) is 12.6. The summed E-state index contributed by atoms with van der Waals surface area (Å²) < 4.78 is 5.24. The Kier molecular flexibility index (Phi) is 10.2. The van der Waals surface area contributed by atoms with E-state index in [1.54, 1.807) is 7.11 Å². The number of aliphatic imine (C=N–C) groups is 1. The third-order valence-electron chi connectivity index (χ3n) is 5.26. The molecule has 0 aliphatic carbocycles. The fourth-order valence-corrected chi connectivity index (χ4v) is 4.53. The molecule has 160 valence electrons. The van der Waals surface area contributed by atoms with Crippen molar-refractivity contribution in [2.75, 3.05) is 40.8 Å². The van der Waals surface area contributed by atoms with Crippen LogP contribution in [0.3, 0.4) is 0 Å². The summed E-state index contributed by atoms with van der Waals surface area (Å²) in [5.74, 6) is 2.50. The number of nitrogens with zero attached hydrogens (tertiary/aromatic N) is 3. The lowest BCUT2D eigenvalue weighted by atomic mass is 9.98. The molecule has 1 atom stereocenters. The Balaban J connectivity index is 0.00000300. The molecule has 0 spiro atoms. The summed E-state index contributed by atoms with van der Waals surface area (Å²) >= 11 is 1.86. The molecule has 0 saturated carbocycles. The molecular formula is C22H33IN4OS. The zero-order valence-electron chi connectivity index (χ0n) is 17.6. The summed E-state index contributed by atoms with van der Waals surface area (Å²) in [5.41, 5.74) is 1.24. The molecule has 29 heavy (non-hydrogen) atoms. The number of ether oxygens (including phenoxy) is 1. The first kappa shape index (κ1) is 24.0. The van der Waals surface area contributed by atoms with Gasteiger partial charge in [-0.05, 0) is 54.4 Å². The van der Waals surface area contributed by atoms with Crippen LogP contribution in [0, 0.1) is 5.92 Å². The topological polar surface area (TPSA) is 40.1 Å². The number of benzene rings is 1. The van der Waals surface area contributed by atoms with Crippen molar-refractivity contribution in [3.8, 4) is 5.75 Å². The fourth-order valence-electron chi connectivity index (χ4n) is 3.78. The third kappa shape index (κ3) is 7.46. The first-order valence-corrected chi connectivity index (χ1v) is 10.9. The highest BCUT2D eigenvalue weighted by atomic mass is 127. The maximum absolute atomic E-state index is 5.24. The molecule has 1 unspecified atom stereocenters. The third-order valence-corrected chi connectivity index (χ3v) is 6.12. The van der Waals surface area contributed by atoms with Gasteiger partial charge in [0.15, 0.2) is 5.96 Å². The van der Waals surface area contributed by atoms with Crippen molar-refractivity contribution in [2.24, 2.45) is 10.9 Å². The van der Waals surface area contributed by atoms with Crippen LogP contribution in [-0.2, 0) is 13.1 Å². The van der Waals surface area contributed by atoms with Gasteiger partial charge < -0.3 is 15.0 Å². The van der Waals surface area contributed by atoms with Gasteiger partial charge in [-0.1, -0.05) is 18.2 Å². The molecule has 7 heteroatoms. The molecule has 1 fully saturated rings. The largest absolute Gasteiger partial charge is 0.497 e. The fraction of sp³-hybridized carbons (Fsp3) is 0.500. The number of hydrogen-bond donors (Lipinski definition) is 1. The van der Waals surface area contributed by atoms with Crippen molar-refractivity contribution in [1.82, 2.24) is 15.1 Å². The number of likely N-dealkylation sites (tertiary alicyclic amines) is 1. The van der Waals surface area contributed by atoms with Crippen LogP contribution < -0.4 is 10.1 Å². The van der Waals surface area contributed by atoms with Gasteiger partial charge in [0.05, 0.1) is 7.11 Å². The average Bonchev–Trinajstić information content (AvgIpc) is 3.22. The van der Waals surface area contributed by atoms with E-state index in [1.807, 2.05) is 30.5 Å². The van der Waals surface area contributed by atoms with Gasteiger partial charge >= 0.3 is 0 Å². The number of hydrogen-bond acceptors (Lipinski definition) is 4. The molecule has 0 bridgehead atoms. The zero-order chi connectivity index (χ0) is 19.8. The molecular weight excluding hydrogens is 495 g/mol. The van der Waals surface area contributed by atoms with Crippen LogP contribution in [0.1, 0.15) is 23.3 Å². The molecule has 0 amide bonds. The Morgan fingerprint density at radius 1 is 1.31 bits per heavy atom. The van der Waals surface area contributed by atoms with E-state index in [-0.39, 0.29) is 24.0 Å². The van der Waals surface area contributed by atoms with E-state index in [1.165, 1.54) is 29.8 Å². The van der Waals surface area contributed by atoms with Crippen molar-refractivity contribution in [1.29, 1.82) is 0 Å². The number of thiophene rings is 1. The molecule has 2 aromatic rings. The van der Waals surface area contributed by atoms with Crippen LogP contribution in [0.25, 0.3) is 0 Å². The van der Waals surface area contributed by atoms with Gasteiger partial charge in [0.25, 0.3) is 0 Å². The van der Waals surface area contributed by atoms with Crippen molar-refractivity contribution in [3.63, 3.8) is 0 Å². The molecule has 3 rings (SSSR count). The number of piperidine rings is 1. The molecule has 2 heterocycles. The van der Waals surface area contributed by atoms with E-state index in [0.717, 1.165) is 37.9 Å². The molecule has 1 aromatic heterocycles. The minimum Gasteiger partial charge on any atom is -0.497 e. The van der Waals surface area contributed by atoms with Gasteiger partial charge in [0, 0.05) is 45.2 Å². The van der Waals surface area contributed by atoms with Crippen LogP contribution in [0.2, 0.25) is 0 Å². The number of guanidine groups is 1. The van der Waals surface area contributed by atoms with Gasteiger partial charge in [-0.25, -0.2) is 0 Å². The first-order valence-electron chi connectivity index (χ1n) is 9.97. The molecule has 5 nitrogen and oxygen atoms in total. The summed E-state index contributed by atoms with van der Waals surface area (Å²) in [4.78, 5) is 10.7. The van der Waals surface area contributed by atoms with Crippen molar-refractivity contribution in [3.05, 3.63) is 52.2 Å². The van der Waals surface area contributed by atoms with Gasteiger partial charge in [0.2, 0.25) is 0 Å². The van der Waals surface area contributed by atoms with E-state index in [2.05, 4.69) is 56.8 Å². The number of methoxy groups -OCH3 is 1. The Labute approximate surface area is 196 Å². The minimum absolute atomic E-state index is 0. The Hall–Kier alpha value is -1.32. The second-order valence-corrected chi connectivity index (χ2v) is 8.49. The Bertz CT molecular complexity index is 736. The summed E-state index contributed by atoms with van der Waals surface area (Å²) in [5, 5.41) is 5.76. The predicted octanol–water partition coefficient (Wildman–Crippen LogP) is 4.29. The lowest BCUT2D eigenvalue weighted by molar-refractivity contribution is 0.169. The number of halogens is 1. The standard InChI is InChI=1S/C22H32N4OS.HI/c1-23-22(25(2)15-18-8-10-20(27-3)11-9-18)24-14-19-6-4-12-26(16-19)17-21-7-5-13-28-21;/h5,7-11,13,19H,4,6,12,14-17H2,1-3H3,(H,23,24);1H. The molecule has 1 N–H and O–H groups in total. The van der Waals surface area contributed by atoms with Crippen molar-refractivity contribution >= 4 is 41.3 Å². The summed E-state index contributed by atoms with van der Waals surface area (Å²) in [6.07, 6.45) is 2.56. The maximum Gasteiger partial charge on any atom is 0.193 e. The Morgan fingerprint density at radius 2 is 2.10 bits per heavy atom. The average molecular weight is 529 g/mol. The van der Waals surface area contributed by atoms with Crippen LogP contribution in [0.15, 0.2) is 46.8 Å². The predicted molar refractivity (Wildman–Crippen MR) is 134 cm³/mol. The Morgan fingerprint density at radius 3 is 2.76 bits per heavy atom. The van der Waals surface area contributed by atoms with Gasteiger partial charge in [-0.3, -0.25) is 9.89 Å². The van der Waals surface area contributed by atoms with Crippen molar-refractivity contribution < 1.29 is 4.74 Å². The molecule has 1 saturated heterocycles. The van der Waals surface area contributed by atoms with Gasteiger partial charge in [-0.15, -0.1) is 35.3 Å². The molecule has 0 radical (unpaired) electrons. The van der Waals surface area contributed by atoms with Crippen LogP contribution in [0.5, 0.6) is 5.75 Å². The van der Waals surface area contributed by atoms with E-state index in [9.17, 15) is 0 Å². The van der Waals surface area contributed by atoms with Crippen LogP contribution in [0.4, 0.5) is 0 Å². The highest BCUT2D eigenvalue weighted by molar-refractivity contribution is 14.0. The monoisotopic (exact) mass is 528 g/mol. The van der Waals surface area contributed by atoms with E-state index in [4.69, 9.17) is 4.74 Å². The normalized spacial score (nSPS) is 17.5. The quantitative estimate of drug-likeness (QED) is 0.331. The molecule has 1 aliphatic rings. The second kappa shape index (κ2) is 12.4. The maximum atomic E-state index is 5.24. The second-order valence-electron chi connectivity index (χ2n) is 7.45. The SMILES string of the molecule is CN=C(NCC1CCCN(Cc2cccs2)C1)N(C)Cc1ccc(OC)cc1.I. The van der Waals surface area contributed by atoms with Crippen LogP contribution >= 0.6 is 35.3 Å². The summed E-state index contributed by atoms with van der Waals surface area (Å²) in [6.45, 7) is 5.24. The zero-order valence-corrected chi connectivity index (χ0v) is 20.8.